The second kappa shape index (κ2) is 5.09. The molecular formula is C15H18N4O. The summed E-state index contributed by atoms with van der Waals surface area (Å²) in [7, 11) is 0. The molecule has 0 fully saturated rings. The topological polar surface area (TPSA) is 69.9 Å². The third kappa shape index (κ3) is 2.10. The third-order valence-corrected chi connectivity index (χ3v) is 3.60. The van der Waals surface area contributed by atoms with Crippen molar-refractivity contribution in [2.45, 2.75) is 26.8 Å². The first-order valence-corrected chi connectivity index (χ1v) is 6.76. The summed E-state index contributed by atoms with van der Waals surface area (Å²) in [6.07, 6.45) is 0.762. The van der Waals surface area contributed by atoms with E-state index in [0.717, 1.165) is 46.8 Å². The fourth-order valence-electron chi connectivity index (χ4n) is 2.51. The van der Waals surface area contributed by atoms with Crippen LogP contribution in [0.2, 0.25) is 0 Å². The predicted molar refractivity (Wildman–Crippen MR) is 77.6 cm³/mol. The van der Waals surface area contributed by atoms with Crippen LogP contribution < -0.4 is 5.73 Å². The summed E-state index contributed by atoms with van der Waals surface area (Å²) in [5, 5.41) is 4.02. The number of benzene rings is 1. The fraction of sp³-hybridized carbons (Fsp3) is 0.333. The van der Waals surface area contributed by atoms with E-state index in [0.29, 0.717) is 6.54 Å². The Balaban J connectivity index is 2.11. The molecule has 3 rings (SSSR count). The van der Waals surface area contributed by atoms with E-state index in [1.54, 1.807) is 0 Å². The van der Waals surface area contributed by atoms with Gasteiger partial charge in [0.15, 0.2) is 0 Å². The number of rotatable bonds is 4. The number of nitrogens with zero attached hydrogens (tertiary/aromatic N) is 3. The van der Waals surface area contributed by atoms with Crippen LogP contribution in [-0.4, -0.2) is 21.3 Å². The lowest BCUT2D eigenvalue weighted by Crippen LogP contribution is -2.11. The lowest BCUT2D eigenvalue weighted by atomic mass is 10.2. The molecular weight excluding hydrogens is 252 g/mol. The van der Waals surface area contributed by atoms with Gasteiger partial charge in [0.1, 0.15) is 11.6 Å². The van der Waals surface area contributed by atoms with Crippen molar-refractivity contribution in [3.63, 3.8) is 0 Å². The number of aromatic nitrogens is 3. The molecule has 2 aromatic heterocycles. The van der Waals surface area contributed by atoms with Crippen molar-refractivity contribution in [2.75, 3.05) is 6.54 Å². The highest BCUT2D eigenvalue weighted by atomic mass is 16.5. The first-order valence-electron chi connectivity index (χ1n) is 6.76. The summed E-state index contributed by atoms with van der Waals surface area (Å²) in [6, 6.07) is 8.14. The highest BCUT2D eigenvalue weighted by Crippen LogP contribution is 2.21. The molecule has 0 saturated heterocycles. The standard InChI is InChI=1S/C15H18N4O/c1-10-12(11(2)20-18-10)9-19-14-6-4-3-5-13(14)17-15(19)7-8-16/h3-6H,7-9,16H2,1-2H3. The fourth-order valence-corrected chi connectivity index (χ4v) is 2.51. The van der Waals surface area contributed by atoms with Gasteiger partial charge in [-0.1, -0.05) is 17.3 Å². The Kier molecular flexibility index (Phi) is 3.28. The van der Waals surface area contributed by atoms with Crippen LogP contribution in [-0.2, 0) is 13.0 Å². The van der Waals surface area contributed by atoms with Crippen LogP contribution in [0.15, 0.2) is 28.8 Å². The van der Waals surface area contributed by atoms with E-state index >= 15 is 0 Å². The monoisotopic (exact) mass is 270 g/mol. The number of hydrogen-bond donors (Lipinski definition) is 1. The summed E-state index contributed by atoms with van der Waals surface area (Å²) >= 11 is 0. The second-order valence-corrected chi connectivity index (χ2v) is 4.94. The van der Waals surface area contributed by atoms with E-state index < -0.39 is 0 Å². The number of fused-ring (bicyclic) bond motifs is 1. The molecule has 0 unspecified atom stereocenters. The Morgan fingerprint density at radius 3 is 2.75 bits per heavy atom. The van der Waals surface area contributed by atoms with Gasteiger partial charge >= 0.3 is 0 Å². The first kappa shape index (κ1) is 12.9. The molecule has 0 saturated carbocycles. The summed E-state index contributed by atoms with van der Waals surface area (Å²) in [4.78, 5) is 4.67. The van der Waals surface area contributed by atoms with Gasteiger partial charge < -0.3 is 14.8 Å². The number of nitrogens with two attached hydrogens (primary N) is 1. The van der Waals surface area contributed by atoms with Crippen LogP contribution in [0.5, 0.6) is 0 Å². The largest absolute Gasteiger partial charge is 0.361 e. The quantitative estimate of drug-likeness (QED) is 0.789. The molecule has 1 aromatic carbocycles. The van der Waals surface area contributed by atoms with Crippen molar-refractivity contribution in [3.8, 4) is 0 Å². The number of para-hydroxylation sites is 2. The van der Waals surface area contributed by atoms with Crippen LogP contribution in [0.25, 0.3) is 11.0 Å². The van der Waals surface area contributed by atoms with Gasteiger partial charge in [-0.3, -0.25) is 0 Å². The maximum atomic E-state index is 5.70. The Morgan fingerprint density at radius 2 is 2.05 bits per heavy atom. The van der Waals surface area contributed by atoms with Crippen LogP contribution >= 0.6 is 0 Å². The molecule has 5 nitrogen and oxygen atoms in total. The van der Waals surface area contributed by atoms with Crippen molar-refractivity contribution < 1.29 is 4.52 Å². The lowest BCUT2D eigenvalue weighted by Gasteiger charge is -2.08. The van der Waals surface area contributed by atoms with Crippen molar-refractivity contribution in [3.05, 3.63) is 47.1 Å². The molecule has 0 aliphatic rings. The predicted octanol–water partition coefficient (Wildman–Crippen LogP) is 2.19. The van der Waals surface area contributed by atoms with E-state index in [1.165, 1.54) is 0 Å². The van der Waals surface area contributed by atoms with Gasteiger partial charge in [0.2, 0.25) is 0 Å². The van der Waals surface area contributed by atoms with E-state index in [2.05, 4.69) is 20.8 Å². The molecule has 0 aliphatic carbocycles. The van der Waals surface area contributed by atoms with Gasteiger partial charge in [0.25, 0.3) is 0 Å². The molecule has 104 valence electrons. The minimum absolute atomic E-state index is 0.588. The Hall–Kier alpha value is -2.14. The van der Waals surface area contributed by atoms with Crippen LogP contribution in [0.3, 0.4) is 0 Å². The molecule has 0 atom stereocenters. The highest BCUT2D eigenvalue weighted by Gasteiger charge is 2.15. The highest BCUT2D eigenvalue weighted by molar-refractivity contribution is 5.76. The minimum Gasteiger partial charge on any atom is -0.361 e. The maximum Gasteiger partial charge on any atom is 0.138 e. The van der Waals surface area contributed by atoms with Gasteiger partial charge in [-0.25, -0.2) is 4.98 Å². The van der Waals surface area contributed by atoms with Crippen LogP contribution in [0, 0.1) is 13.8 Å². The molecule has 0 aliphatic heterocycles. The third-order valence-electron chi connectivity index (χ3n) is 3.60. The van der Waals surface area contributed by atoms with E-state index in [-0.39, 0.29) is 0 Å². The van der Waals surface area contributed by atoms with Crippen LogP contribution in [0.1, 0.15) is 22.8 Å². The SMILES string of the molecule is Cc1noc(C)c1Cn1c(CCN)nc2ccccc21. The zero-order valence-corrected chi connectivity index (χ0v) is 11.8. The summed E-state index contributed by atoms with van der Waals surface area (Å²) < 4.78 is 7.45. The first-order chi connectivity index (χ1) is 9.70. The van der Waals surface area contributed by atoms with Gasteiger partial charge in [0, 0.05) is 12.0 Å². The molecule has 3 aromatic rings. The van der Waals surface area contributed by atoms with Crippen molar-refractivity contribution >= 4 is 11.0 Å². The zero-order valence-electron chi connectivity index (χ0n) is 11.8. The molecule has 0 radical (unpaired) electrons. The van der Waals surface area contributed by atoms with Gasteiger partial charge in [-0.05, 0) is 32.5 Å². The molecule has 0 bridgehead atoms. The Bertz CT molecular complexity index is 722. The van der Waals surface area contributed by atoms with Crippen LogP contribution in [0.4, 0.5) is 0 Å². The molecule has 0 spiro atoms. The number of aryl methyl sites for hydroxylation is 2. The van der Waals surface area contributed by atoms with E-state index in [4.69, 9.17) is 10.3 Å². The number of hydrogen-bond acceptors (Lipinski definition) is 4. The van der Waals surface area contributed by atoms with Crippen molar-refractivity contribution in [2.24, 2.45) is 5.73 Å². The second-order valence-electron chi connectivity index (χ2n) is 4.94. The molecule has 20 heavy (non-hydrogen) atoms. The summed E-state index contributed by atoms with van der Waals surface area (Å²) in [5.74, 6) is 1.87. The average Bonchev–Trinajstić information content (AvgIpc) is 2.95. The van der Waals surface area contributed by atoms with Gasteiger partial charge in [0.05, 0.1) is 23.3 Å². The summed E-state index contributed by atoms with van der Waals surface area (Å²) in [6.45, 7) is 5.21. The van der Waals surface area contributed by atoms with Gasteiger partial charge in [-0.2, -0.15) is 0 Å². The average molecular weight is 270 g/mol. The maximum absolute atomic E-state index is 5.70. The van der Waals surface area contributed by atoms with Crippen molar-refractivity contribution in [1.29, 1.82) is 0 Å². The van der Waals surface area contributed by atoms with E-state index in [1.807, 2.05) is 32.0 Å². The smallest absolute Gasteiger partial charge is 0.138 e. The van der Waals surface area contributed by atoms with Crippen molar-refractivity contribution in [1.82, 2.24) is 14.7 Å². The summed E-state index contributed by atoms with van der Waals surface area (Å²) in [5.41, 5.74) is 9.87. The lowest BCUT2D eigenvalue weighted by molar-refractivity contribution is 0.392. The Labute approximate surface area is 117 Å². The minimum atomic E-state index is 0.588. The normalized spacial score (nSPS) is 11.3. The molecule has 0 amide bonds. The van der Waals surface area contributed by atoms with Gasteiger partial charge in [-0.15, -0.1) is 0 Å². The molecule has 2 N–H and O–H groups in total. The number of imidazole rings is 1. The Morgan fingerprint density at radius 1 is 1.25 bits per heavy atom. The molecule has 2 heterocycles. The van der Waals surface area contributed by atoms with E-state index in [9.17, 15) is 0 Å². The molecule has 5 heteroatoms. The zero-order chi connectivity index (χ0) is 14.1.